The Kier molecular flexibility index (Phi) is 6.67. The zero-order valence-electron chi connectivity index (χ0n) is 18.2. The lowest BCUT2D eigenvalue weighted by molar-refractivity contribution is 0.296. The van der Waals surface area contributed by atoms with Crippen molar-refractivity contribution >= 4 is 10.8 Å². The van der Waals surface area contributed by atoms with E-state index in [4.69, 9.17) is 0 Å². The number of hydrogen-bond donors (Lipinski definition) is 0. The van der Waals surface area contributed by atoms with Crippen LogP contribution < -0.4 is 0 Å². The molecule has 3 aromatic rings. The molecule has 30 heavy (non-hydrogen) atoms. The summed E-state index contributed by atoms with van der Waals surface area (Å²) in [5.74, 6) is 1.56. The van der Waals surface area contributed by atoms with Gasteiger partial charge >= 0.3 is 0 Å². The summed E-state index contributed by atoms with van der Waals surface area (Å²) in [7, 11) is 0. The minimum absolute atomic E-state index is 0.0571. The van der Waals surface area contributed by atoms with Gasteiger partial charge in [0.1, 0.15) is 5.82 Å². The van der Waals surface area contributed by atoms with Gasteiger partial charge in [0.25, 0.3) is 0 Å². The third kappa shape index (κ3) is 4.67. The maximum atomic E-state index is 14.7. The van der Waals surface area contributed by atoms with Crippen molar-refractivity contribution in [3.05, 3.63) is 84.2 Å². The van der Waals surface area contributed by atoms with Crippen LogP contribution in [0.2, 0.25) is 0 Å². The minimum Gasteiger partial charge on any atom is -0.206 e. The molecule has 0 nitrogen and oxygen atoms in total. The molecule has 0 amide bonds. The number of benzene rings is 3. The average Bonchev–Trinajstić information content (AvgIpc) is 2.80. The Labute approximate surface area is 180 Å². The van der Waals surface area contributed by atoms with Crippen LogP contribution in [-0.4, -0.2) is 0 Å². The summed E-state index contributed by atoms with van der Waals surface area (Å²) in [6, 6.07) is 19.1. The van der Waals surface area contributed by atoms with Crippen LogP contribution >= 0.6 is 0 Å². The quantitative estimate of drug-likeness (QED) is 0.349. The summed E-state index contributed by atoms with van der Waals surface area (Å²) in [4.78, 5) is 0. The van der Waals surface area contributed by atoms with E-state index in [1.165, 1.54) is 43.2 Å². The Bertz CT molecular complexity index is 991. The third-order valence-electron chi connectivity index (χ3n) is 6.91. The first kappa shape index (κ1) is 20.8. The second-order valence-corrected chi connectivity index (χ2v) is 8.98. The van der Waals surface area contributed by atoms with Crippen molar-refractivity contribution in [3.8, 4) is 11.1 Å². The fraction of sp³-hybridized carbons (Fsp3) is 0.379. The number of halogens is 1. The van der Waals surface area contributed by atoms with E-state index >= 15 is 0 Å². The van der Waals surface area contributed by atoms with Gasteiger partial charge in [0.05, 0.1) is 0 Å². The van der Waals surface area contributed by atoms with Gasteiger partial charge in [-0.05, 0) is 90.5 Å². The standard InChI is InChI=1S/C29H33F/c1-3-5-25-16-17-27-20-26(18-19-28(27)29(25)30)24-14-12-23(13-15-24)11-10-22-8-6-21(4-2)7-9-22/h4,12-22H,2-3,5-11H2,1H3. The molecule has 0 aliphatic heterocycles. The number of aryl methyl sites for hydroxylation is 2. The van der Waals surface area contributed by atoms with E-state index < -0.39 is 0 Å². The topological polar surface area (TPSA) is 0 Å². The molecule has 1 aliphatic rings. The normalized spacial score (nSPS) is 19.1. The summed E-state index contributed by atoms with van der Waals surface area (Å²) < 4.78 is 14.7. The Balaban J connectivity index is 1.43. The Morgan fingerprint density at radius 3 is 2.33 bits per heavy atom. The highest BCUT2D eigenvalue weighted by atomic mass is 19.1. The molecular formula is C29H33F. The molecule has 0 atom stereocenters. The number of hydrogen-bond acceptors (Lipinski definition) is 0. The number of allylic oxidation sites excluding steroid dienone is 1. The molecule has 0 radical (unpaired) electrons. The first-order valence-corrected chi connectivity index (χ1v) is 11.6. The molecule has 0 N–H and O–H groups in total. The monoisotopic (exact) mass is 400 g/mol. The van der Waals surface area contributed by atoms with E-state index in [0.717, 1.165) is 53.0 Å². The van der Waals surface area contributed by atoms with Gasteiger partial charge in [-0.25, -0.2) is 4.39 Å². The van der Waals surface area contributed by atoms with Crippen molar-refractivity contribution in [2.45, 2.75) is 58.3 Å². The molecule has 0 saturated heterocycles. The van der Waals surface area contributed by atoms with Crippen molar-refractivity contribution < 1.29 is 4.39 Å². The van der Waals surface area contributed by atoms with Gasteiger partial charge in [-0.1, -0.05) is 68.0 Å². The van der Waals surface area contributed by atoms with Gasteiger partial charge in [0, 0.05) is 5.39 Å². The SMILES string of the molecule is C=CC1CCC(CCc2ccc(-c3ccc4c(F)c(CCC)ccc4c3)cc2)CC1. The van der Waals surface area contributed by atoms with Gasteiger partial charge in [-0.2, -0.15) is 0 Å². The highest BCUT2D eigenvalue weighted by molar-refractivity contribution is 5.88. The number of fused-ring (bicyclic) bond motifs is 1. The van der Waals surface area contributed by atoms with E-state index in [1.807, 2.05) is 18.2 Å². The minimum atomic E-state index is -0.0571. The van der Waals surface area contributed by atoms with Crippen molar-refractivity contribution in [3.63, 3.8) is 0 Å². The Morgan fingerprint density at radius 1 is 0.900 bits per heavy atom. The van der Waals surface area contributed by atoms with Gasteiger partial charge in [-0.3, -0.25) is 0 Å². The predicted molar refractivity (Wildman–Crippen MR) is 127 cm³/mol. The van der Waals surface area contributed by atoms with Crippen molar-refractivity contribution in [1.29, 1.82) is 0 Å². The van der Waals surface area contributed by atoms with Crippen LogP contribution in [-0.2, 0) is 12.8 Å². The largest absolute Gasteiger partial charge is 0.206 e. The Hall–Kier alpha value is -2.41. The van der Waals surface area contributed by atoms with Gasteiger partial charge < -0.3 is 0 Å². The maximum absolute atomic E-state index is 14.7. The smallest absolute Gasteiger partial charge is 0.134 e. The first-order valence-electron chi connectivity index (χ1n) is 11.6. The van der Waals surface area contributed by atoms with Crippen LogP contribution in [0.3, 0.4) is 0 Å². The lowest BCUT2D eigenvalue weighted by Gasteiger charge is -2.26. The van der Waals surface area contributed by atoms with Crippen LogP contribution in [0.1, 0.15) is 56.6 Å². The molecule has 0 spiro atoms. The van der Waals surface area contributed by atoms with Gasteiger partial charge in [-0.15, -0.1) is 6.58 Å². The molecule has 1 heteroatoms. The fourth-order valence-electron chi connectivity index (χ4n) is 4.93. The predicted octanol–water partition coefficient (Wildman–Crippen LogP) is 8.52. The van der Waals surface area contributed by atoms with Crippen LogP contribution in [0.4, 0.5) is 4.39 Å². The second kappa shape index (κ2) is 9.60. The van der Waals surface area contributed by atoms with Crippen LogP contribution in [0, 0.1) is 17.7 Å². The fourth-order valence-corrected chi connectivity index (χ4v) is 4.93. The zero-order valence-corrected chi connectivity index (χ0v) is 18.2. The van der Waals surface area contributed by atoms with Crippen molar-refractivity contribution in [2.75, 3.05) is 0 Å². The number of rotatable bonds is 7. The lowest BCUT2D eigenvalue weighted by atomic mass is 9.79. The van der Waals surface area contributed by atoms with E-state index in [9.17, 15) is 4.39 Å². The van der Waals surface area contributed by atoms with Gasteiger partial charge in [0.15, 0.2) is 0 Å². The molecule has 0 unspecified atom stereocenters. The van der Waals surface area contributed by atoms with Crippen LogP contribution in [0.5, 0.6) is 0 Å². The maximum Gasteiger partial charge on any atom is 0.134 e. The van der Waals surface area contributed by atoms with Gasteiger partial charge in [0.2, 0.25) is 0 Å². The summed E-state index contributed by atoms with van der Waals surface area (Å²) in [5, 5.41) is 1.71. The van der Waals surface area contributed by atoms with Crippen LogP contribution in [0.25, 0.3) is 21.9 Å². The Morgan fingerprint density at radius 2 is 1.63 bits per heavy atom. The summed E-state index contributed by atoms with van der Waals surface area (Å²) >= 11 is 0. The van der Waals surface area contributed by atoms with E-state index in [2.05, 4.69) is 56.0 Å². The van der Waals surface area contributed by atoms with Crippen molar-refractivity contribution in [2.24, 2.45) is 11.8 Å². The molecule has 4 rings (SSSR count). The molecule has 0 heterocycles. The molecule has 1 aliphatic carbocycles. The molecular weight excluding hydrogens is 367 g/mol. The molecule has 1 saturated carbocycles. The lowest BCUT2D eigenvalue weighted by Crippen LogP contribution is -2.13. The second-order valence-electron chi connectivity index (χ2n) is 8.98. The average molecular weight is 401 g/mol. The third-order valence-corrected chi connectivity index (χ3v) is 6.91. The van der Waals surface area contributed by atoms with E-state index in [-0.39, 0.29) is 5.82 Å². The summed E-state index contributed by atoms with van der Waals surface area (Å²) in [6.45, 7) is 6.04. The zero-order chi connectivity index (χ0) is 20.9. The first-order chi connectivity index (χ1) is 14.7. The summed E-state index contributed by atoms with van der Waals surface area (Å²) in [6.07, 6.45) is 11.7. The molecule has 0 bridgehead atoms. The molecule has 3 aromatic carbocycles. The van der Waals surface area contributed by atoms with Crippen molar-refractivity contribution in [1.82, 2.24) is 0 Å². The molecule has 1 fully saturated rings. The summed E-state index contributed by atoms with van der Waals surface area (Å²) in [5.41, 5.74) is 4.59. The molecule has 0 aromatic heterocycles. The van der Waals surface area contributed by atoms with E-state index in [0.29, 0.717) is 0 Å². The molecule has 156 valence electrons. The van der Waals surface area contributed by atoms with Crippen LogP contribution in [0.15, 0.2) is 67.3 Å². The highest BCUT2D eigenvalue weighted by Crippen LogP contribution is 2.32. The highest BCUT2D eigenvalue weighted by Gasteiger charge is 2.18. The van der Waals surface area contributed by atoms with E-state index in [1.54, 1.807) is 0 Å².